The Morgan fingerprint density at radius 2 is 1.56 bits per heavy atom. The van der Waals surface area contributed by atoms with E-state index in [4.69, 9.17) is 9.47 Å². The molecule has 0 aliphatic rings. The summed E-state index contributed by atoms with van der Waals surface area (Å²) in [6, 6.07) is 19.4. The fourth-order valence-corrected chi connectivity index (χ4v) is 5.44. The number of benzene rings is 2. The highest BCUT2D eigenvalue weighted by molar-refractivity contribution is 7.89. The maximum Gasteiger partial charge on any atom is 0.250 e. The van der Waals surface area contributed by atoms with Crippen LogP contribution in [-0.4, -0.2) is 67.6 Å². The predicted octanol–water partition coefficient (Wildman–Crippen LogP) is 4.38. The van der Waals surface area contributed by atoms with E-state index in [0.717, 1.165) is 35.2 Å². The summed E-state index contributed by atoms with van der Waals surface area (Å²) in [4.78, 5) is 18.4. The van der Waals surface area contributed by atoms with Crippen molar-refractivity contribution in [3.8, 4) is 11.5 Å². The van der Waals surface area contributed by atoms with Crippen LogP contribution in [0.25, 0.3) is 10.9 Å². The summed E-state index contributed by atoms with van der Waals surface area (Å²) in [6.07, 6.45) is 4.27. The monoisotopic (exact) mass is 622 g/mol. The Kier molecular flexibility index (Phi) is 13.1. The van der Waals surface area contributed by atoms with Crippen molar-refractivity contribution in [3.63, 3.8) is 0 Å². The first-order valence-electron chi connectivity index (χ1n) is 12.7. The Morgan fingerprint density at radius 1 is 0.878 bits per heavy atom. The maximum absolute atomic E-state index is 13.1. The topological polar surface area (TPSA) is 94.0 Å². The molecule has 2 aromatic heterocycles. The average Bonchev–Trinajstić information content (AvgIpc) is 2.96. The SMILES string of the molecule is COc1ccc(S(=O)(=O)N(C)CCN(CCCOc2ccc3c(ccc(=O)n3C)c2)Cc2ccncc2)cc1.Cl.Cl. The minimum Gasteiger partial charge on any atom is -0.497 e. The van der Waals surface area contributed by atoms with Crippen molar-refractivity contribution in [1.82, 2.24) is 18.8 Å². The highest BCUT2D eigenvalue weighted by atomic mass is 35.5. The summed E-state index contributed by atoms with van der Waals surface area (Å²) in [7, 11) is 1.28. The number of hydrogen-bond acceptors (Lipinski definition) is 7. The van der Waals surface area contributed by atoms with Gasteiger partial charge in [-0.05, 0) is 72.6 Å². The molecule has 0 aliphatic carbocycles. The Balaban J connectivity index is 0.00000294. The molecule has 4 rings (SSSR count). The largest absolute Gasteiger partial charge is 0.497 e. The van der Waals surface area contributed by atoms with Gasteiger partial charge in [0.2, 0.25) is 10.0 Å². The zero-order valence-electron chi connectivity index (χ0n) is 23.3. The van der Waals surface area contributed by atoms with Crippen molar-refractivity contribution in [2.24, 2.45) is 7.05 Å². The Labute approximate surface area is 253 Å². The molecule has 0 unspecified atom stereocenters. The van der Waals surface area contributed by atoms with Gasteiger partial charge in [0, 0.05) is 64.1 Å². The van der Waals surface area contributed by atoms with E-state index in [2.05, 4.69) is 9.88 Å². The fourth-order valence-electron chi connectivity index (χ4n) is 4.28. The van der Waals surface area contributed by atoms with Gasteiger partial charge >= 0.3 is 0 Å². The van der Waals surface area contributed by atoms with Crippen LogP contribution >= 0.6 is 24.8 Å². The molecule has 0 N–H and O–H groups in total. The highest BCUT2D eigenvalue weighted by Gasteiger charge is 2.21. The fraction of sp³-hybridized carbons (Fsp3) is 0.310. The van der Waals surface area contributed by atoms with Gasteiger partial charge in [0.25, 0.3) is 5.56 Å². The number of rotatable bonds is 13. The normalized spacial score (nSPS) is 11.2. The molecule has 0 saturated carbocycles. The molecule has 41 heavy (non-hydrogen) atoms. The van der Waals surface area contributed by atoms with Crippen LogP contribution in [0.5, 0.6) is 11.5 Å². The molecule has 0 fully saturated rings. The van der Waals surface area contributed by atoms with Crippen molar-refractivity contribution in [2.75, 3.05) is 40.4 Å². The highest BCUT2D eigenvalue weighted by Crippen LogP contribution is 2.20. The van der Waals surface area contributed by atoms with Gasteiger partial charge < -0.3 is 14.0 Å². The van der Waals surface area contributed by atoms with Crippen molar-refractivity contribution < 1.29 is 17.9 Å². The van der Waals surface area contributed by atoms with Gasteiger partial charge in [-0.25, -0.2) is 8.42 Å². The molecule has 0 atom stereocenters. The van der Waals surface area contributed by atoms with Crippen LogP contribution in [-0.2, 0) is 23.6 Å². The second-order valence-electron chi connectivity index (χ2n) is 9.29. The van der Waals surface area contributed by atoms with Crippen LogP contribution in [0, 0.1) is 0 Å². The minimum atomic E-state index is -3.62. The van der Waals surface area contributed by atoms with Crippen LogP contribution < -0.4 is 15.0 Å². The predicted molar refractivity (Wildman–Crippen MR) is 166 cm³/mol. The summed E-state index contributed by atoms with van der Waals surface area (Å²) < 4.78 is 40.3. The van der Waals surface area contributed by atoms with Crippen molar-refractivity contribution in [1.29, 1.82) is 0 Å². The number of likely N-dealkylation sites (N-methyl/N-ethyl adjacent to an activating group) is 1. The number of fused-ring (bicyclic) bond motifs is 1. The second kappa shape index (κ2) is 15.7. The Bertz CT molecular complexity index is 1550. The molecule has 12 heteroatoms. The molecule has 222 valence electrons. The van der Waals surface area contributed by atoms with Gasteiger partial charge in [0.15, 0.2) is 0 Å². The number of pyridine rings is 2. The van der Waals surface area contributed by atoms with Gasteiger partial charge in [-0.2, -0.15) is 4.31 Å². The quantitative estimate of drug-likeness (QED) is 0.204. The van der Waals surface area contributed by atoms with Crippen molar-refractivity contribution in [2.45, 2.75) is 17.9 Å². The first-order valence-corrected chi connectivity index (χ1v) is 14.2. The van der Waals surface area contributed by atoms with E-state index in [9.17, 15) is 13.2 Å². The molecular weight excluding hydrogens is 587 g/mol. The summed E-state index contributed by atoms with van der Waals surface area (Å²) in [5.41, 5.74) is 1.91. The van der Waals surface area contributed by atoms with E-state index in [1.165, 1.54) is 4.31 Å². The number of hydrogen-bond donors (Lipinski definition) is 0. The number of aryl methyl sites for hydroxylation is 1. The van der Waals surface area contributed by atoms with Crippen LogP contribution in [0.1, 0.15) is 12.0 Å². The number of nitrogens with zero attached hydrogens (tertiary/aromatic N) is 4. The zero-order chi connectivity index (χ0) is 27.8. The lowest BCUT2D eigenvalue weighted by Gasteiger charge is -2.25. The number of aromatic nitrogens is 2. The number of methoxy groups -OCH3 is 1. The zero-order valence-corrected chi connectivity index (χ0v) is 25.8. The van der Waals surface area contributed by atoms with E-state index in [1.54, 1.807) is 74.6 Å². The third kappa shape index (κ3) is 8.92. The molecule has 0 aliphatic heterocycles. The van der Waals surface area contributed by atoms with Gasteiger partial charge in [-0.3, -0.25) is 14.7 Å². The Morgan fingerprint density at radius 3 is 2.24 bits per heavy atom. The molecule has 0 bridgehead atoms. The van der Waals surface area contributed by atoms with E-state index in [0.29, 0.717) is 32.0 Å². The van der Waals surface area contributed by atoms with Crippen molar-refractivity contribution in [3.05, 3.63) is 95.0 Å². The molecule has 4 aromatic rings. The van der Waals surface area contributed by atoms with E-state index in [1.807, 2.05) is 30.3 Å². The number of halogens is 2. The van der Waals surface area contributed by atoms with Crippen molar-refractivity contribution >= 4 is 45.7 Å². The first kappa shape index (κ1) is 34.1. The molecule has 2 aromatic carbocycles. The summed E-state index contributed by atoms with van der Waals surface area (Å²) >= 11 is 0. The third-order valence-corrected chi connectivity index (χ3v) is 8.51. The van der Waals surface area contributed by atoms with Gasteiger partial charge in [0.1, 0.15) is 11.5 Å². The van der Waals surface area contributed by atoms with Crippen LogP contribution in [0.4, 0.5) is 0 Å². The van der Waals surface area contributed by atoms with Crippen LogP contribution in [0.2, 0.25) is 0 Å². The number of sulfonamides is 1. The van der Waals surface area contributed by atoms with E-state index in [-0.39, 0.29) is 35.3 Å². The average molecular weight is 624 g/mol. The Hall–Kier alpha value is -3.15. The summed E-state index contributed by atoms with van der Waals surface area (Å²) in [5, 5.41) is 0.940. The smallest absolute Gasteiger partial charge is 0.250 e. The van der Waals surface area contributed by atoms with E-state index < -0.39 is 10.0 Å². The third-order valence-electron chi connectivity index (χ3n) is 6.64. The second-order valence-corrected chi connectivity index (χ2v) is 11.3. The maximum atomic E-state index is 13.1. The molecule has 0 amide bonds. The molecule has 0 saturated heterocycles. The summed E-state index contributed by atoms with van der Waals surface area (Å²) in [6.45, 7) is 2.79. The lowest BCUT2D eigenvalue weighted by atomic mass is 10.2. The lowest BCUT2D eigenvalue weighted by molar-refractivity contribution is 0.219. The molecule has 0 spiro atoms. The van der Waals surface area contributed by atoms with E-state index >= 15 is 0 Å². The van der Waals surface area contributed by atoms with Gasteiger partial charge in [0.05, 0.1) is 24.1 Å². The summed E-state index contributed by atoms with van der Waals surface area (Å²) in [5.74, 6) is 1.35. The molecular formula is C29H36Cl2N4O5S. The van der Waals surface area contributed by atoms with Gasteiger partial charge in [-0.1, -0.05) is 0 Å². The van der Waals surface area contributed by atoms with Gasteiger partial charge in [-0.15, -0.1) is 24.8 Å². The first-order chi connectivity index (χ1) is 18.8. The molecule has 2 heterocycles. The number of ether oxygens (including phenoxy) is 2. The van der Waals surface area contributed by atoms with Crippen LogP contribution in [0.3, 0.4) is 0 Å². The molecule has 9 nitrogen and oxygen atoms in total. The molecule has 0 radical (unpaired) electrons. The lowest BCUT2D eigenvalue weighted by Crippen LogP contribution is -2.37. The van der Waals surface area contributed by atoms with Crippen LogP contribution in [0.15, 0.2) is 88.8 Å². The minimum absolute atomic E-state index is 0. The standard InChI is InChI=1S/C29H34N4O5S.2ClH/c1-31(39(35,36)27-9-6-25(37-3)7-10-27)18-19-33(22-23-13-15-30-16-14-23)17-4-20-38-26-8-11-28-24(21-26)5-12-29(34)32(28)2;;/h5-16,21H,4,17-20,22H2,1-3H3;2*1H.